The molecule has 1 aromatic heterocycles. The third kappa shape index (κ3) is 4.30. The van der Waals surface area contributed by atoms with Crippen LogP contribution in [0.5, 0.6) is 0 Å². The maximum Gasteiger partial charge on any atom is 0.144 e. The molecule has 0 saturated carbocycles. The minimum atomic E-state index is 0.464. The molecule has 0 fully saturated rings. The number of hydrogen-bond donors (Lipinski definition) is 1. The maximum absolute atomic E-state index is 5.86. The lowest BCUT2D eigenvalue weighted by Crippen LogP contribution is -2.01. The average Bonchev–Trinajstić information content (AvgIpc) is 2.44. The van der Waals surface area contributed by atoms with E-state index in [1.165, 1.54) is 0 Å². The predicted molar refractivity (Wildman–Crippen MR) is 88.8 cm³/mol. The van der Waals surface area contributed by atoms with Crippen molar-refractivity contribution in [2.75, 3.05) is 7.11 Å². The number of hydrogen-bond acceptors (Lipinski definition) is 4. The summed E-state index contributed by atoms with van der Waals surface area (Å²) in [6.07, 6.45) is 0. The molecule has 1 N–H and O–H groups in total. The van der Waals surface area contributed by atoms with Crippen LogP contribution in [0.3, 0.4) is 0 Å². The van der Waals surface area contributed by atoms with Crippen LogP contribution < -0.4 is 0 Å². The first-order valence-electron chi connectivity index (χ1n) is 5.75. The first-order chi connectivity index (χ1) is 9.60. The second-order valence-corrected chi connectivity index (χ2v) is 6.62. The fraction of sp³-hybridized carbons (Fsp3) is 0.231. The van der Waals surface area contributed by atoms with Gasteiger partial charge in [0.15, 0.2) is 0 Å². The summed E-state index contributed by atoms with van der Waals surface area (Å²) in [5.41, 5.74) is 0.902. The number of H-pyrrole nitrogens is 1. The molecule has 0 aliphatic heterocycles. The molecule has 0 aliphatic rings. The quantitative estimate of drug-likeness (QED) is 0.575. The van der Waals surface area contributed by atoms with E-state index in [0.29, 0.717) is 17.0 Å². The number of rotatable bonds is 5. The van der Waals surface area contributed by atoms with Gasteiger partial charge >= 0.3 is 0 Å². The number of halogens is 2. The third-order valence-corrected chi connectivity index (χ3v) is 5.15. The molecule has 0 atom stereocenters. The Balaban J connectivity index is 2.13. The van der Waals surface area contributed by atoms with Gasteiger partial charge in [0, 0.05) is 17.0 Å². The number of aromatic amines is 1. The van der Waals surface area contributed by atoms with Crippen molar-refractivity contribution in [2.24, 2.45) is 0 Å². The smallest absolute Gasteiger partial charge is 0.144 e. The van der Waals surface area contributed by atoms with E-state index >= 15 is 0 Å². The van der Waals surface area contributed by atoms with Crippen molar-refractivity contribution in [3.05, 3.63) is 49.9 Å². The molecular weight excluding hydrogens is 380 g/mol. The molecule has 0 amide bonds. The van der Waals surface area contributed by atoms with E-state index in [0.717, 1.165) is 25.9 Å². The normalized spacial score (nSPS) is 10.8. The minimum absolute atomic E-state index is 0.464. The lowest BCUT2D eigenvalue weighted by molar-refractivity contribution is 0.180. The van der Waals surface area contributed by atoms with Crippen LogP contribution in [0.25, 0.3) is 0 Å². The summed E-state index contributed by atoms with van der Waals surface area (Å²) in [6, 6.07) is 7.71. The Hall–Kier alpha value is -0.400. The summed E-state index contributed by atoms with van der Waals surface area (Å²) in [5.74, 6) is 1.53. The molecule has 2 aromatic rings. The van der Waals surface area contributed by atoms with Gasteiger partial charge in [0.25, 0.3) is 0 Å². The minimum Gasteiger partial charge on any atom is -0.378 e. The first kappa shape index (κ1) is 16.0. The number of ether oxygens (including phenoxy) is 1. The molecule has 0 bridgehead atoms. The molecule has 0 aliphatic carbocycles. The van der Waals surface area contributed by atoms with Gasteiger partial charge in [-0.1, -0.05) is 23.8 Å². The van der Waals surface area contributed by atoms with Gasteiger partial charge in [-0.15, -0.1) is 11.8 Å². The number of benzene rings is 1. The lowest BCUT2D eigenvalue weighted by atomic mass is 10.4. The van der Waals surface area contributed by atoms with Crippen molar-refractivity contribution in [1.29, 1.82) is 0 Å². The zero-order valence-electron chi connectivity index (χ0n) is 10.7. The van der Waals surface area contributed by atoms with Crippen LogP contribution in [0, 0.1) is 4.64 Å². The van der Waals surface area contributed by atoms with Crippen LogP contribution in [0.15, 0.2) is 33.6 Å². The highest BCUT2D eigenvalue weighted by molar-refractivity contribution is 9.10. The molecule has 3 nitrogen and oxygen atoms in total. The number of nitrogens with one attached hydrogen (secondary N) is 1. The Morgan fingerprint density at radius 3 is 2.75 bits per heavy atom. The maximum atomic E-state index is 5.86. The van der Waals surface area contributed by atoms with Crippen LogP contribution in [0.4, 0.5) is 0 Å². The fourth-order valence-corrected chi connectivity index (χ4v) is 2.98. The summed E-state index contributed by atoms with van der Waals surface area (Å²) in [6.45, 7) is 0.464. The number of nitrogens with zero attached hydrogens (tertiary/aromatic N) is 1. The van der Waals surface area contributed by atoms with Crippen molar-refractivity contribution in [3.63, 3.8) is 0 Å². The van der Waals surface area contributed by atoms with Crippen LogP contribution >= 0.6 is 51.5 Å². The molecular formula is C13H12BrClN2OS2. The van der Waals surface area contributed by atoms with Crippen LogP contribution in [-0.2, 0) is 17.1 Å². The molecule has 0 spiro atoms. The monoisotopic (exact) mass is 390 g/mol. The molecule has 0 unspecified atom stereocenters. The first-order valence-corrected chi connectivity index (χ1v) is 8.31. The van der Waals surface area contributed by atoms with Gasteiger partial charge in [0.1, 0.15) is 10.5 Å². The summed E-state index contributed by atoms with van der Waals surface area (Å²) in [5, 5.41) is 0.734. The average molecular weight is 392 g/mol. The summed E-state index contributed by atoms with van der Waals surface area (Å²) < 4.78 is 6.47. The zero-order valence-corrected chi connectivity index (χ0v) is 14.6. The molecule has 0 radical (unpaired) electrons. The Morgan fingerprint density at radius 1 is 1.40 bits per heavy atom. The second-order valence-electron chi connectivity index (χ2n) is 3.96. The van der Waals surface area contributed by atoms with Gasteiger partial charge in [-0.05, 0) is 40.2 Å². The molecule has 20 heavy (non-hydrogen) atoms. The van der Waals surface area contributed by atoms with Gasteiger partial charge < -0.3 is 9.72 Å². The lowest BCUT2D eigenvalue weighted by Gasteiger charge is -2.08. The van der Waals surface area contributed by atoms with Crippen molar-refractivity contribution in [1.82, 2.24) is 9.97 Å². The zero-order chi connectivity index (χ0) is 14.5. The van der Waals surface area contributed by atoms with E-state index < -0.39 is 0 Å². The van der Waals surface area contributed by atoms with Gasteiger partial charge in [-0.2, -0.15) is 0 Å². The molecule has 1 heterocycles. The SMILES string of the molecule is COCc1[nH]c(CSc2ccc(Cl)cc2)nc(=S)c1Br. The van der Waals surface area contributed by atoms with Crippen LogP contribution in [0.1, 0.15) is 11.5 Å². The molecule has 1 aromatic carbocycles. The molecule has 2 rings (SSSR count). The van der Waals surface area contributed by atoms with E-state index in [2.05, 4.69) is 25.9 Å². The van der Waals surface area contributed by atoms with E-state index in [9.17, 15) is 0 Å². The topological polar surface area (TPSA) is 37.9 Å². The molecule has 0 saturated heterocycles. The number of thioether (sulfide) groups is 1. The van der Waals surface area contributed by atoms with Gasteiger partial charge in [0.05, 0.1) is 22.5 Å². The second kappa shape index (κ2) is 7.56. The Kier molecular flexibility index (Phi) is 6.04. The van der Waals surface area contributed by atoms with Gasteiger partial charge in [0.2, 0.25) is 0 Å². The number of aromatic nitrogens is 2. The predicted octanol–water partition coefficient (Wildman–Crippen LogP) is 4.99. The van der Waals surface area contributed by atoms with Gasteiger partial charge in [-0.25, -0.2) is 4.98 Å². The van der Waals surface area contributed by atoms with Gasteiger partial charge in [-0.3, -0.25) is 0 Å². The van der Waals surface area contributed by atoms with Crippen molar-refractivity contribution in [2.45, 2.75) is 17.3 Å². The van der Waals surface area contributed by atoms with Crippen molar-refractivity contribution in [3.8, 4) is 0 Å². The number of methoxy groups -OCH3 is 1. The van der Waals surface area contributed by atoms with Crippen LogP contribution in [-0.4, -0.2) is 17.1 Å². The Labute approximate surface area is 140 Å². The molecule has 106 valence electrons. The molecule has 7 heteroatoms. The highest BCUT2D eigenvalue weighted by Crippen LogP contribution is 2.24. The van der Waals surface area contributed by atoms with E-state index in [-0.39, 0.29) is 0 Å². The largest absolute Gasteiger partial charge is 0.378 e. The standard InChI is InChI=1S/C13H12BrClN2OS2/c1-18-6-10-12(14)13(19)17-11(16-10)7-20-9-4-2-8(15)3-5-9/h2-5H,6-7H2,1H3,(H,16,17,19). The summed E-state index contributed by atoms with van der Waals surface area (Å²) in [7, 11) is 1.64. The third-order valence-electron chi connectivity index (χ3n) is 2.46. The highest BCUT2D eigenvalue weighted by Gasteiger charge is 2.06. The van der Waals surface area contributed by atoms with E-state index in [1.54, 1.807) is 18.9 Å². The fourth-order valence-electron chi connectivity index (χ4n) is 1.55. The van der Waals surface area contributed by atoms with E-state index in [1.807, 2.05) is 24.3 Å². The highest BCUT2D eigenvalue weighted by atomic mass is 79.9. The van der Waals surface area contributed by atoms with E-state index in [4.69, 9.17) is 28.6 Å². The van der Waals surface area contributed by atoms with Crippen molar-refractivity contribution >= 4 is 51.5 Å². The Morgan fingerprint density at radius 2 is 2.10 bits per heavy atom. The van der Waals surface area contributed by atoms with Crippen LogP contribution in [0.2, 0.25) is 5.02 Å². The summed E-state index contributed by atoms with van der Waals surface area (Å²) >= 11 is 16.2. The Bertz CT molecular complexity index is 646. The summed E-state index contributed by atoms with van der Waals surface area (Å²) in [4.78, 5) is 8.73. The van der Waals surface area contributed by atoms with Crippen molar-refractivity contribution < 1.29 is 4.74 Å².